The molecule has 6 heavy (non-hydrogen) atoms. The molecular weight excluding hydrogens is 84.0 g/mol. The zero-order valence-electron chi connectivity index (χ0n) is 3.47. The average Bonchev–Trinajstić information content (AvgIpc) is 1.35. The Hall–Kier alpha value is -0.640. The highest BCUT2D eigenvalue weighted by molar-refractivity contribution is 4.12. The molecule has 0 aromatic carbocycles. The Morgan fingerprint density at radius 2 is 2.50 bits per heavy atom. The molecule has 0 bridgehead atoms. The summed E-state index contributed by atoms with van der Waals surface area (Å²) in [6.45, 7) is -0.153. The molecule has 0 saturated carbocycles. The van der Waals surface area contributed by atoms with Crippen molar-refractivity contribution in [1.82, 2.24) is 5.32 Å². The summed E-state index contributed by atoms with van der Waals surface area (Å²) in [7, 11) is 1.53. The van der Waals surface area contributed by atoms with Crippen molar-refractivity contribution >= 4 is 0 Å². The summed E-state index contributed by atoms with van der Waals surface area (Å²) in [5, 5.41) is 11.7. The van der Waals surface area contributed by atoms with E-state index in [4.69, 9.17) is 0 Å². The normalized spacial score (nSPS) is 8.17. The van der Waals surface area contributed by atoms with Gasteiger partial charge in [-0.2, -0.15) is 0 Å². The lowest BCUT2D eigenvalue weighted by Gasteiger charge is -1.83. The van der Waals surface area contributed by atoms with Crippen molar-refractivity contribution in [2.45, 2.75) is 0 Å². The van der Waals surface area contributed by atoms with Crippen molar-refractivity contribution < 1.29 is 4.92 Å². The number of nitrogens with one attached hydrogen (secondary N) is 1. The fourth-order valence-electron chi connectivity index (χ4n) is 0.129. The first-order valence-corrected chi connectivity index (χ1v) is 1.53. The predicted molar refractivity (Wildman–Crippen MR) is 20.9 cm³/mol. The van der Waals surface area contributed by atoms with E-state index in [-0.39, 0.29) is 6.67 Å². The van der Waals surface area contributed by atoms with Crippen LogP contribution in [0.25, 0.3) is 0 Å². The molecule has 0 aromatic rings. The van der Waals surface area contributed by atoms with Crippen LogP contribution in [0.15, 0.2) is 0 Å². The van der Waals surface area contributed by atoms with Crippen molar-refractivity contribution in [2.24, 2.45) is 0 Å². The molecule has 0 atom stereocenters. The maximum absolute atomic E-state index is 9.34. The molecule has 1 N–H and O–H groups in total. The van der Waals surface area contributed by atoms with Crippen LogP contribution < -0.4 is 5.32 Å². The summed E-state index contributed by atoms with van der Waals surface area (Å²) in [5.74, 6) is 0. The van der Waals surface area contributed by atoms with Gasteiger partial charge in [-0.15, -0.1) is 0 Å². The maximum Gasteiger partial charge on any atom is 0.256 e. The van der Waals surface area contributed by atoms with E-state index >= 15 is 0 Å². The fourth-order valence-corrected chi connectivity index (χ4v) is 0.129. The zero-order valence-corrected chi connectivity index (χ0v) is 3.47. The van der Waals surface area contributed by atoms with Gasteiger partial charge in [0, 0.05) is 4.92 Å². The summed E-state index contributed by atoms with van der Waals surface area (Å²) >= 11 is 0. The van der Waals surface area contributed by atoms with Crippen LogP contribution in [0.1, 0.15) is 0 Å². The molecule has 4 nitrogen and oxygen atoms in total. The predicted octanol–water partition coefficient (Wildman–Crippen LogP) is -0.560. The molecule has 0 aliphatic heterocycles. The van der Waals surface area contributed by atoms with Crippen LogP contribution in [0.5, 0.6) is 0 Å². The first-order chi connectivity index (χ1) is 2.77. The van der Waals surface area contributed by atoms with Gasteiger partial charge >= 0.3 is 0 Å². The van der Waals surface area contributed by atoms with Gasteiger partial charge in [-0.3, -0.25) is 15.4 Å². The number of rotatable bonds is 2. The lowest BCUT2D eigenvalue weighted by Crippen LogP contribution is -2.16. The van der Waals surface area contributed by atoms with E-state index in [0.717, 1.165) is 0 Å². The van der Waals surface area contributed by atoms with E-state index in [1.165, 1.54) is 7.05 Å². The smallest absolute Gasteiger partial charge is 0.256 e. The molecule has 0 heterocycles. The van der Waals surface area contributed by atoms with E-state index in [9.17, 15) is 10.1 Å². The van der Waals surface area contributed by atoms with Crippen LogP contribution >= 0.6 is 0 Å². The largest absolute Gasteiger partial charge is 0.263 e. The second-order valence-corrected chi connectivity index (χ2v) is 0.844. The Labute approximate surface area is 35.3 Å². The van der Waals surface area contributed by atoms with E-state index in [1.54, 1.807) is 0 Å². The highest BCUT2D eigenvalue weighted by Gasteiger charge is 1.83. The lowest BCUT2D eigenvalue weighted by molar-refractivity contribution is -0.484. The first-order valence-electron chi connectivity index (χ1n) is 1.53. The molecule has 0 amide bonds. The van der Waals surface area contributed by atoms with E-state index in [2.05, 4.69) is 5.32 Å². The lowest BCUT2D eigenvalue weighted by atomic mass is 11.1. The Morgan fingerprint density at radius 3 is 2.50 bits per heavy atom. The fraction of sp³-hybridized carbons (Fsp3) is 1.00. The van der Waals surface area contributed by atoms with Crippen molar-refractivity contribution in [3.05, 3.63) is 10.1 Å². The first kappa shape index (κ1) is 5.36. The third kappa shape index (κ3) is 3.36. The van der Waals surface area contributed by atoms with Crippen LogP contribution in [0.2, 0.25) is 0 Å². The Bertz CT molecular complexity index is 53.5. The molecule has 0 fully saturated rings. The number of nitrogens with zero attached hydrogens (tertiary/aromatic N) is 1. The van der Waals surface area contributed by atoms with Crippen molar-refractivity contribution in [1.29, 1.82) is 0 Å². The topological polar surface area (TPSA) is 55.2 Å². The van der Waals surface area contributed by atoms with Crippen LogP contribution in [0, 0.1) is 10.1 Å². The molecule has 0 rings (SSSR count). The summed E-state index contributed by atoms with van der Waals surface area (Å²) < 4.78 is 0. The quantitative estimate of drug-likeness (QED) is 0.281. The van der Waals surface area contributed by atoms with E-state index in [0.29, 0.717) is 0 Å². The van der Waals surface area contributed by atoms with Gasteiger partial charge < -0.3 is 0 Å². The van der Waals surface area contributed by atoms with Crippen LogP contribution in [0.4, 0.5) is 0 Å². The third-order valence-electron chi connectivity index (χ3n) is 0.287. The van der Waals surface area contributed by atoms with E-state index in [1.807, 2.05) is 0 Å². The minimum Gasteiger partial charge on any atom is -0.263 e. The van der Waals surface area contributed by atoms with Gasteiger partial charge in [-0.05, 0) is 7.05 Å². The second-order valence-electron chi connectivity index (χ2n) is 0.844. The molecule has 0 unspecified atom stereocenters. The highest BCUT2D eigenvalue weighted by atomic mass is 16.6. The van der Waals surface area contributed by atoms with Gasteiger partial charge in [-0.25, -0.2) is 0 Å². The van der Waals surface area contributed by atoms with Crippen molar-refractivity contribution in [2.75, 3.05) is 13.7 Å². The second kappa shape index (κ2) is 2.59. The number of hydrogen-bond acceptors (Lipinski definition) is 3. The SMILES string of the molecule is CNC[N+](=O)[O-]. The third-order valence-corrected chi connectivity index (χ3v) is 0.287. The van der Waals surface area contributed by atoms with Crippen molar-refractivity contribution in [3.63, 3.8) is 0 Å². The number of nitro groups is 1. The minimum atomic E-state index is -0.431. The van der Waals surface area contributed by atoms with Crippen LogP contribution in [-0.2, 0) is 0 Å². The van der Waals surface area contributed by atoms with Gasteiger partial charge in [-0.1, -0.05) is 0 Å². The Balaban J connectivity index is 2.83. The molecule has 0 spiro atoms. The molecule has 0 aromatic heterocycles. The van der Waals surface area contributed by atoms with Gasteiger partial charge in [0.25, 0.3) is 6.67 Å². The van der Waals surface area contributed by atoms with Gasteiger partial charge in [0.1, 0.15) is 0 Å². The van der Waals surface area contributed by atoms with Crippen molar-refractivity contribution in [3.8, 4) is 0 Å². The van der Waals surface area contributed by atoms with Gasteiger partial charge in [0.2, 0.25) is 0 Å². The summed E-state index contributed by atoms with van der Waals surface area (Å²) in [5.41, 5.74) is 0. The van der Waals surface area contributed by atoms with Gasteiger partial charge in [0.05, 0.1) is 0 Å². The maximum atomic E-state index is 9.34. The molecule has 0 saturated heterocycles. The summed E-state index contributed by atoms with van der Waals surface area (Å²) in [4.78, 5) is 8.91. The Kier molecular flexibility index (Phi) is 2.31. The highest BCUT2D eigenvalue weighted by Crippen LogP contribution is 1.54. The monoisotopic (exact) mass is 90.0 g/mol. The van der Waals surface area contributed by atoms with E-state index < -0.39 is 4.92 Å². The van der Waals surface area contributed by atoms with Crippen LogP contribution in [-0.4, -0.2) is 18.6 Å². The molecular formula is C2H6N2O2. The average molecular weight is 90.1 g/mol. The molecule has 4 heteroatoms. The summed E-state index contributed by atoms with van der Waals surface area (Å²) in [6.07, 6.45) is 0. The zero-order chi connectivity index (χ0) is 4.99. The standard InChI is InChI=1S/C2H6N2O2/c1-3-2-4(5)6/h3H,2H2,1H3. The Morgan fingerprint density at radius 1 is 2.00 bits per heavy atom. The molecule has 0 radical (unpaired) electrons. The van der Waals surface area contributed by atoms with Crippen LogP contribution in [0.3, 0.4) is 0 Å². The molecule has 0 aliphatic carbocycles. The number of hydrogen-bond donors (Lipinski definition) is 1. The molecule has 36 valence electrons. The summed E-state index contributed by atoms with van der Waals surface area (Å²) in [6, 6.07) is 0. The minimum absolute atomic E-state index is 0.153. The molecule has 0 aliphatic rings. The van der Waals surface area contributed by atoms with Gasteiger partial charge in [0.15, 0.2) is 0 Å².